The van der Waals surface area contributed by atoms with Crippen LogP contribution in [-0.4, -0.2) is 59.2 Å². The molecule has 2 aromatic carbocycles. The van der Waals surface area contributed by atoms with Crippen molar-refractivity contribution in [3.05, 3.63) is 30.3 Å². The number of tetrazole rings is 1. The van der Waals surface area contributed by atoms with Crippen molar-refractivity contribution in [1.82, 2.24) is 30.6 Å². The Morgan fingerprint density at radius 3 is 2.47 bits per heavy atom. The van der Waals surface area contributed by atoms with Crippen molar-refractivity contribution >= 4 is 36.8 Å². The van der Waals surface area contributed by atoms with Gasteiger partial charge in [-0.05, 0) is 29.8 Å². The maximum Gasteiger partial charge on any atom is 0.240 e. The second-order valence-corrected chi connectivity index (χ2v) is 10.8. The Morgan fingerprint density at radius 1 is 1.09 bits per heavy atom. The Balaban J connectivity index is 2.19. The summed E-state index contributed by atoms with van der Waals surface area (Å²) < 4.78 is 51.7. The van der Waals surface area contributed by atoms with Crippen LogP contribution in [0.5, 0.6) is 0 Å². The topological polar surface area (TPSA) is 229 Å². The van der Waals surface area contributed by atoms with Crippen LogP contribution in [0.3, 0.4) is 0 Å². The molecule has 0 saturated carbocycles. The smallest absolute Gasteiger partial charge is 0.240 e. The second-order valence-electron chi connectivity index (χ2n) is 7.01. The number of aromatic amines is 2. The number of nitrogens with zero attached hydrogens (tertiary/aromatic N) is 4. The van der Waals surface area contributed by atoms with E-state index in [0.29, 0.717) is 16.6 Å². The lowest BCUT2D eigenvalue weighted by atomic mass is 9.98. The highest BCUT2D eigenvalue weighted by atomic mass is 32.2. The number of hydrogen-bond donors (Lipinski definition) is 5. The number of sulfone groups is 1. The van der Waals surface area contributed by atoms with Crippen LogP contribution in [0.1, 0.15) is 6.92 Å². The first-order chi connectivity index (χ1) is 15.1. The number of H-pyrrole nitrogens is 2. The molecule has 0 saturated heterocycles. The molecule has 0 fully saturated rings. The summed E-state index contributed by atoms with van der Waals surface area (Å²) in [7, 11) is -8.75. The van der Waals surface area contributed by atoms with Gasteiger partial charge in [0.1, 0.15) is 4.90 Å². The predicted octanol–water partition coefficient (Wildman–Crippen LogP) is -0.239. The molecule has 0 aliphatic carbocycles. The summed E-state index contributed by atoms with van der Waals surface area (Å²) in [6, 6.07) is 7.72. The van der Waals surface area contributed by atoms with Gasteiger partial charge in [0, 0.05) is 12.1 Å². The van der Waals surface area contributed by atoms with Gasteiger partial charge in [0.15, 0.2) is 15.8 Å². The molecule has 13 nitrogen and oxygen atoms in total. The molecule has 32 heavy (non-hydrogen) atoms. The van der Waals surface area contributed by atoms with E-state index < -0.39 is 34.9 Å². The number of fused-ring (bicyclic) bond motifs is 1. The number of aromatic nitrogens is 6. The number of imidazole rings is 1. The number of nitrogens with one attached hydrogen (secondary N) is 2. The number of para-hydroxylation sites is 1. The lowest BCUT2D eigenvalue weighted by Crippen LogP contribution is -2.29. The molecule has 0 aliphatic heterocycles. The highest BCUT2D eigenvalue weighted by Crippen LogP contribution is 2.41. The zero-order chi connectivity index (χ0) is 23.3. The van der Waals surface area contributed by atoms with Crippen molar-refractivity contribution < 1.29 is 16.8 Å². The molecule has 168 valence electrons. The maximum absolute atomic E-state index is 13.1. The van der Waals surface area contributed by atoms with Crippen LogP contribution in [0.4, 0.5) is 5.95 Å². The summed E-state index contributed by atoms with van der Waals surface area (Å²) in [6.45, 7) is 1.15. The first-order valence-electron chi connectivity index (χ1n) is 9.18. The van der Waals surface area contributed by atoms with E-state index in [-0.39, 0.29) is 29.4 Å². The Kier molecular flexibility index (Phi) is 5.20. The van der Waals surface area contributed by atoms with Crippen molar-refractivity contribution in [2.75, 3.05) is 12.3 Å². The molecule has 0 unspecified atom stereocenters. The number of nitrogens with two attached hydrogens (primary N) is 3. The number of anilines is 1. The molecule has 4 aromatic rings. The summed E-state index contributed by atoms with van der Waals surface area (Å²) >= 11 is 0. The lowest BCUT2D eigenvalue weighted by Gasteiger charge is -2.18. The monoisotopic (exact) mass is 477 g/mol. The summed E-state index contributed by atoms with van der Waals surface area (Å²) in [5.41, 5.74) is 12.9. The zero-order valence-corrected chi connectivity index (χ0v) is 18.3. The summed E-state index contributed by atoms with van der Waals surface area (Å²) in [4.78, 5) is 5.99. The molecule has 0 spiro atoms. The molecular weight excluding hydrogens is 458 g/mol. The van der Waals surface area contributed by atoms with Gasteiger partial charge in [-0.1, -0.05) is 18.2 Å². The number of hydrogen-bond acceptors (Lipinski definition) is 10. The third-order valence-corrected chi connectivity index (χ3v) is 8.29. The van der Waals surface area contributed by atoms with Gasteiger partial charge < -0.3 is 16.5 Å². The SMILES string of the molecule is C[C@@H](CN)S(=O)(=O)c1ccc(-c2cccc3[nH]c(N)nc23)c(-c2nn[nH]n2)c1S(N)(=O)=O. The minimum Gasteiger partial charge on any atom is -0.369 e. The van der Waals surface area contributed by atoms with E-state index in [1.807, 2.05) is 0 Å². The van der Waals surface area contributed by atoms with Crippen molar-refractivity contribution in [1.29, 1.82) is 0 Å². The van der Waals surface area contributed by atoms with Gasteiger partial charge in [-0.15, -0.1) is 10.2 Å². The fourth-order valence-electron chi connectivity index (χ4n) is 3.40. The van der Waals surface area contributed by atoms with E-state index in [1.54, 1.807) is 18.2 Å². The largest absolute Gasteiger partial charge is 0.369 e. The van der Waals surface area contributed by atoms with E-state index in [0.717, 1.165) is 0 Å². The van der Waals surface area contributed by atoms with Gasteiger partial charge in [0.05, 0.1) is 26.7 Å². The van der Waals surface area contributed by atoms with Gasteiger partial charge in [-0.3, -0.25) is 0 Å². The van der Waals surface area contributed by atoms with E-state index in [4.69, 9.17) is 16.6 Å². The molecule has 4 rings (SSSR count). The molecule has 2 aromatic heterocycles. The highest BCUT2D eigenvalue weighted by molar-refractivity contribution is 7.94. The number of rotatable bonds is 6. The van der Waals surface area contributed by atoms with Gasteiger partial charge in [-0.25, -0.2) is 27.0 Å². The van der Waals surface area contributed by atoms with Crippen LogP contribution in [0.25, 0.3) is 33.5 Å². The summed E-state index contributed by atoms with van der Waals surface area (Å²) in [6.07, 6.45) is 0. The first-order valence-corrected chi connectivity index (χ1v) is 12.3. The van der Waals surface area contributed by atoms with E-state index in [9.17, 15) is 16.8 Å². The molecule has 2 heterocycles. The molecule has 1 atom stereocenters. The quantitative estimate of drug-likeness (QED) is 0.244. The van der Waals surface area contributed by atoms with Gasteiger partial charge in [-0.2, -0.15) is 5.21 Å². The van der Waals surface area contributed by atoms with Crippen LogP contribution < -0.4 is 16.6 Å². The Morgan fingerprint density at radius 2 is 1.84 bits per heavy atom. The standard InChI is InChI=1S/C17H19N9O4S2/c1-8(7-18)31(27,28)12-6-5-9(10-3-2-4-11-14(10)22-17(19)21-11)13(15(12)32(20,29)30)16-23-25-26-24-16/h2-6,8H,7,18H2,1H3,(H3,19,21,22)(H2,20,29,30)(H,23,24,25,26)/t8-/m0/s1. The summed E-state index contributed by atoms with van der Waals surface area (Å²) in [5, 5.41) is 17.9. The molecule has 8 N–H and O–H groups in total. The van der Waals surface area contributed by atoms with E-state index >= 15 is 0 Å². The Bertz CT molecular complexity index is 1530. The number of primary sulfonamides is 1. The maximum atomic E-state index is 13.1. The normalized spacial score (nSPS) is 13.5. The second kappa shape index (κ2) is 7.63. The van der Waals surface area contributed by atoms with Crippen molar-refractivity contribution in [2.45, 2.75) is 22.0 Å². The minimum absolute atomic E-state index is 0.138. The molecule has 0 aliphatic rings. The molecule has 0 amide bonds. The fourth-order valence-corrected chi connectivity index (χ4v) is 6.23. The molecule has 15 heteroatoms. The third kappa shape index (κ3) is 3.50. The average Bonchev–Trinajstić information content (AvgIpc) is 3.39. The summed E-state index contributed by atoms with van der Waals surface area (Å²) in [5.74, 6) is -0.0156. The van der Waals surface area contributed by atoms with Gasteiger partial charge in [0.2, 0.25) is 15.8 Å². The van der Waals surface area contributed by atoms with Crippen molar-refractivity contribution in [2.24, 2.45) is 10.9 Å². The van der Waals surface area contributed by atoms with E-state index in [1.165, 1.54) is 19.1 Å². The predicted molar refractivity (Wildman–Crippen MR) is 116 cm³/mol. The van der Waals surface area contributed by atoms with E-state index in [2.05, 4.69) is 30.6 Å². The lowest BCUT2D eigenvalue weighted by molar-refractivity contribution is 0.575. The molecule has 0 radical (unpaired) electrons. The third-order valence-electron chi connectivity index (χ3n) is 4.96. The molecule has 0 bridgehead atoms. The van der Waals surface area contributed by atoms with Crippen LogP contribution in [0.15, 0.2) is 40.1 Å². The van der Waals surface area contributed by atoms with Crippen LogP contribution in [-0.2, 0) is 19.9 Å². The van der Waals surface area contributed by atoms with Crippen LogP contribution in [0.2, 0.25) is 0 Å². The minimum atomic E-state index is -4.59. The number of nitrogen functional groups attached to an aromatic ring is 1. The fraction of sp³-hybridized carbons (Fsp3) is 0.176. The van der Waals surface area contributed by atoms with Crippen molar-refractivity contribution in [3.63, 3.8) is 0 Å². The van der Waals surface area contributed by atoms with Crippen LogP contribution in [0, 0.1) is 0 Å². The number of sulfonamides is 1. The van der Waals surface area contributed by atoms with Gasteiger partial charge >= 0.3 is 0 Å². The molecular formula is C17H19N9O4S2. The Hall–Kier alpha value is -3.40. The first kappa shape index (κ1) is 21.8. The number of benzene rings is 2. The van der Waals surface area contributed by atoms with Crippen LogP contribution >= 0.6 is 0 Å². The highest BCUT2D eigenvalue weighted by Gasteiger charge is 2.34. The van der Waals surface area contributed by atoms with Gasteiger partial charge in [0.25, 0.3) is 0 Å². The average molecular weight is 478 g/mol. The zero-order valence-electron chi connectivity index (χ0n) is 16.6. The van der Waals surface area contributed by atoms with Crippen molar-refractivity contribution in [3.8, 4) is 22.5 Å². The Labute approximate surface area is 182 Å².